The number of aromatic nitrogens is 4. The van der Waals surface area contributed by atoms with E-state index in [2.05, 4.69) is 30.6 Å². The van der Waals surface area contributed by atoms with Gasteiger partial charge >= 0.3 is 0 Å². The number of nitrogens with two attached hydrogens (primary N) is 1. The van der Waals surface area contributed by atoms with Gasteiger partial charge in [0.2, 0.25) is 0 Å². The fraction of sp³-hybridized carbons (Fsp3) is 0.300. The van der Waals surface area contributed by atoms with Crippen molar-refractivity contribution in [3.05, 3.63) is 11.4 Å². The van der Waals surface area contributed by atoms with Crippen LogP contribution in [0.3, 0.4) is 0 Å². The summed E-state index contributed by atoms with van der Waals surface area (Å²) in [6, 6.07) is 0. The first kappa shape index (κ1) is 9.88. The molecule has 1 aliphatic rings. The Balaban J connectivity index is 2.13. The van der Waals surface area contributed by atoms with Crippen molar-refractivity contribution in [2.75, 3.05) is 23.0 Å². The van der Waals surface area contributed by atoms with Crippen molar-refractivity contribution < 1.29 is 0 Å². The number of nitrogens with zero attached hydrogens (tertiary/aromatic N) is 3. The minimum atomic E-state index is 0.432. The van der Waals surface area contributed by atoms with Crippen molar-refractivity contribution in [2.24, 2.45) is 0 Å². The second kappa shape index (κ2) is 3.34. The lowest BCUT2D eigenvalue weighted by molar-refractivity contribution is 1.13. The highest BCUT2D eigenvalue weighted by Crippen LogP contribution is 2.30. The zero-order valence-electron chi connectivity index (χ0n) is 9.63. The van der Waals surface area contributed by atoms with Gasteiger partial charge in [-0.05, 0) is 13.8 Å². The van der Waals surface area contributed by atoms with Gasteiger partial charge in [0.05, 0.1) is 12.4 Å². The quantitative estimate of drug-likeness (QED) is 0.580. The van der Waals surface area contributed by atoms with Crippen molar-refractivity contribution in [3.63, 3.8) is 0 Å². The third kappa shape index (κ3) is 1.47. The highest BCUT2D eigenvalue weighted by molar-refractivity contribution is 5.80. The van der Waals surface area contributed by atoms with Gasteiger partial charge in [0.15, 0.2) is 23.3 Å². The number of fused-ring (bicyclic) bond motifs is 1. The Morgan fingerprint density at radius 3 is 2.65 bits per heavy atom. The second-order valence-electron chi connectivity index (χ2n) is 3.98. The summed E-state index contributed by atoms with van der Waals surface area (Å²) in [5.41, 5.74) is 8.56. The Labute approximate surface area is 97.9 Å². The molecule has 0 aromatic carbocycles. The summed E-state index contributed by atoms with van der Waals surface area (Å²) in [6.45, 7) is 4.52. The van der Waals surface area contributed by atoms with Gasteiger partial charge < -0.3 is 21.4 Å². The summed E-state index contributed by atoms with van der Waals surface area (Å²) < 4.78 is 0. The van der Waals surface area contributed by atoms with Crippen LogP contribution in [0.1, 0.15) is 11.4 Å². The summed E-state index contributed by atoms with van der Waals surface area (Å²) >= 11 is 0. The third-order valence-electron chi connectivity index (χ3n) is 2.80. The molecule has 0 radical (unpaired) electrons. The van der Waals surface area contributed by atoms with Gasteiger partial charge in [0, 0.05) is 5.69 Å². The first-order valence-corrected chi connectivity index (χ1v) is 5.34. The van der Waals surface area contributed by atoms with Gasteiger partial charge in [0.1, 0.15) is 5.69 Å². The van der Waals surface area contributed by atoms with E-state index >= 15 is 0 Å². The second-order valence-corrected chi connectivity index (χ2v) is 3.98. The molecule has 0 spiro atoms. The first-order chi connectivity index (χ1) is 8.15. The zero-order chi connectivity index (χ0) is 12.0. The molecule has 88 valence electrons. The van der Waals surface area contributed by atoms with Crippen LogP contribution in [0.25, 0.3) is 11.6 Å². The van der Waals surface area contributed by atoms with Crippen LogP contribution in [0.4, 0.5) is 17.3 Å². The van der Waals surface area contributed by atoms with Crippen LogP contribution >= 0.6 is 0 Å². The Morgan fingerprint density at radius 1 is 1.12 bits per heavy atom. The van der Waals surface area contributed by atoms with E-state index in [9.17, 15) is 0 Å². The van der Waals surface area contributed by atoms with E-state index in [1.165, 1.54) is 0 Å². The van der Waals surface area contributed by atoms with Crippen molar-refractivity contribution in [1.29, 1.82) is 0 Å². The van der Waals surface area contributed by atoms with Crippen LogP contribution in [0.5, 0.6) is 0 Å². The van der Waals surface area contributed by atoms with Crippen molar-refractivity contribution in [2.45, 2.75) is 13.8 Å². The summed E-state index contributed by atoms with van der Waals surface area (Å²) in [4.78, 5) is 16.1. The van der Waals surface area contributed by atoms with E-state index in [1.54, 1.807) is 0 Å². The number of nitrogens with one attached hydrogen (secondary N) is 3. The lowest BCUT2D eigenvalue weighted by atomic mass is 10.4. The van der Waals surface area contributed by atoms with Gasteiger partial charge in [-0.25, -0.2) is 15.0 Å². The van der Waals surface area contributed by atoms with E-state index in [-0.39, 0.29) is 0 Å². The molecule has 0 atom stereocenters. The predicted molar refractivity (Wildman–Crippen MR) is 65.6 cm³/mol. The number of nitrogen functional groups attached to an aromatic ring is 1. The number of aromatic amines is 1. The summed E-state index contributed by atoms with van der Waals surface area (Å²) in [5.74, 6) is 2.30. The van der Waals surface area contributed by atoms with Gasteiger partial charge in [-0.15, -0.1) is 0 Å². The Hall–Kier alpha value is -2.31. The molecule has 3 heterocycles. The van der Waals surface area contributed by atoms with E-state index in [4.69, 9.17) is 5.73 Å². The topological polar surface area (TPSA) is 105 Å². The van der Waals surface area contributed by atoms with Crippen molar-refractivity contribution in [1.82, 2.24) is 19.9 Å². The van der Waals surface area contributed by atoms with Crippen LogP contribution in [0.15, 0.2) is 0 Å². The number of imidazole rings is 1. The average molecular weight is 231 g/mol. The van der Waals surface area contributed by atoms with Crippen LogP contribution in [0, 0.1) is 13.8 Å². The maximum Gasteiger partial charge on any atom is 0.199 e. The van der Waals surface area contributed by atoms with Crippen LogP contribution in [-0.2, 0) is 0 Å². The Morgan fingerprint density at radius 2 is 1.94 bits per heavy atom. The largest absolute Gasteiger partial charge is 0.382 e. The molecule has 0 saturated carbocycles. The molecule has 0 amide bonds. The van der Waals surface area contributed by atoms with E-state index in [0.29, 0.717) is 24.1 Å². The SMILES string of the molecule is Cc1nc(-c2nc(N)c3c(n2)NCN3)[nH]c1C. The number of hydrogen-bond acceptors (Lipinski definition) is 6. The predicted octanol–water partition coefficient (Wildman–Crippen LogP) is 0.861. The molecule has 2 aromatic heterocycles. The maximum absolute atomic E-state index is 5.86. The van der Waals surface area contributed by atoms with E-state index in [0.717, 1.165) is 22.9 Å². The fourth-order valence-electron chi connectivity index (χ4n) is 1.76. The van der Waals surface area contributed by atoms with Crippen molar-refractivity contribution in [3.8, 4) is 11.6 Å². The number of aryl methyl sites for hydroxylation is 2. The Kier molecular flexibility index (Phi) is 1.94. The third-order valence-corrected chi connectivity index (χ3v) is 2.80. The summed E-state index contributed by atoms with van der Waals surface area (Å²) in [6.07, 6.45) is 0. The zero-order valence-corrected chi connectivity index (χ0v) is 9.63. The van der Waals surface area contributed by atoms with Gasteiger partial charge in [-0.2, -0.15) is 0 Å². The smallest absolute Gasteiger partial charge is 0.199 e. The number of hydrogen-bond donors (Lipinski definition) is 4. The minimum Gasteiger partial charge on any atom is -0.382 e. The molecule has 0 unspecified atom stereocenters. The average Bonchev–Trinajstić information content (AvgIpc) is 2.87. The van der Waals surface area contributed by atoms with E-state index < -0.39 is 0 Å². The number of anilines is 3. The molecule has 5 N–H and O–H groups in total. The van der Waals surface area contributed by atoms with Crippen LogP contribution in [0.2, 0.25) is 0 Å². The molecule has 2 aromatic rings. The fourth-order valence-corrected chi connectivity index (χ4v) is 1.76. The molecule has 7 nitrogen and oxygen atoms in total. The molecule has 7 heteroatoms. The summed E-state index contributed by atoms with van der Waals surface area (Å²) in [7, 11) is 0. The lowest BCUT2D eigenvalue weighted by Crippen LogP contribution is -2.00. The number of H-pyrrole nitrogens is 1. The highest BCUT2D eigenvalue weighted by atomic mass is 15.2. The molecule has 0 saturated heterocycles. The Bertz CT molecular complexity index is 567. The standard InChI is InChI=1S/C10H13N7/c1-4-5(2)15-9(14-4)10-16-7(11)6-8(17-10)13-3-12-6/h12H,3H2,1-2H3,(H,14,15)(H3,11,13,16,17). The van der Waals surface area contributed by atoms with Gasteiger partial charge in [-0.3, -0.25) is 0 Å². The minimum absolute atomic E-state index is 0.432. The molecule has 1 aliphatic heterocycles. The monoisotopic (exact) mass is 231 g/mol. The van der Waals surface area contributed by atoms with E-state index in [1.807, 2.05) is 13.8 Å². The molecule has 17 heavy (non-hydrogen) atoms. The lowest BCUT2D eigenvalue weighted by Gasteiger charge is -2.03. The summed E-state index contributed by atoms with van der Waals surface area (Å²) in [5, 5.41) is 6.16. The molecular weight excluding hydrogens is 218 g/mol. The normalized spacial score (nSPS) is 13.1. The van der Waals surface area contributed by atoms with Crippen molar-refractivity contribution >= 4 is 17.3 Å². The molecule has 0 aliphatic carbocycles. The number of rotatable bonds is 1. The molecule has 0 bridgehead atoms. The molecule has 0 fully saturated rings. The van der Waals surface area contributed by atoms with Gasteiger partial charge in [0.25, 0.3) is 0 Å². The van der Waals surface area contributed by atoms with Crippen LogP contribution < -0.4 is 16.4 Å². The maximum atomic E-state index is 5.86. The first-order valence-electron chi connectivity index (χ1n) is 5.34. The molecule has 3 rings (SSSR count). The highest BCUT2D eigenvalue weighted by Gasteiger charge is 2.18. The van der Waals surface area contributed by atoms with Gasteiger partial charge in [-0.1, -0.05) is 0 Å². The van der Waals surface area contributed by atoms with Crippen LogP contribution in [-0.4, -0.2) is 26.6 Å². The molecular formula is C10H13N7.